The van der Waals surface area contributed by atoms with Gasteiger partial charge in [0.2, 0.25) is 5.71 Å². The first-order valence-electron chi connectivity index (χ1n) is 16.0. The summed E-state index contributed by atoms with van der Waals surface area (Å²) in [6.45, 7) is 0. The van der Waals surface area contributed by atoms with E-state index in [1.807, 2.05) is 6.07 Å². The Morgan fingerprint density at radius 2 is 0.809 bits per heavy atom. The maximum absolute atomic E-state index is 6.53. The summed E-state index contributed by atoms with van der Waals surface area (Å²) in [6.07, 6.45) is 0. The van der Waals surface area contributed by atoms with Crippen molar-refractivity contribution in [2.24, 2.45) is 0 Å². The average Bonchev–Trinajstić information content (AvgIpc) is 3.78. The normalized spacial score (nSPS) is 11.8. The molecule has 7 aromatic carbocycles. The molecule has 0 saturated heterocycles. The largest absolute Gasteiger partial charge is 0.439 e. The van der Waals surface area contributed by atoms with E-state index in [0.29, 0.717) is 0 Å². The minimum absolute atomic E-state index is 0.874. The molecular formula is C44H28N2O. The maximum Gasteiger partial charge on any atom is 0.213 e. The molecule has 0 aliphatic carbocycles. The highest BCUT2D eigenvalue weighted by Crippen LogP contribution is 2.42. The number of para-hydroxylation sites is 3. The Kier molecular flexibility index (Phi) is 5.57. The number of hydrogen-bond acceptors (Lipinski definition) is 1. The lowest BCUT2D eigenvalue weighted by Crippen LogP contribution is -1.93. The monoisotopic (exact) mass is 600 g/mol. The Bertz CT molecular complexity index is 2770. The third-order valence-corrected chi connectivity index (χ3v) is 9.52. The molecule has 10 aromatic rings. The molecule has 0 saturated carbocycles. The number of nitrogens with zero attached hydrogens (tertiary/aromatic N) is 2. The van der Waals surface area contributed by atoms with Crippen molar-refractivity contribution in [3.05, 3.63) is 170 Å². The van der Waals surface area contributed by atoms with Gasteiger partial charge in [0.25, 0.3) is 0 Å². The molecule has 0 bridgehead atoms. The van der Waals surface area contributed by atoms with Gasteiger partial charge in [-0.05, 0) is 89.0 Å². The zero-order chi connectivity index (χ0) is 30.9. The van der Waals surface area contributed by atoms with Crippen molar-refractivity contribution in [1.82, 2.24) is 9.13 Å². The van der Waals surface area contributed by atoms with Gasteiger partial charge < -0.3 is 8.98 Å². The van der Waals surface area contributed by atoms with Crippen molar-refractivity contribution in [3.8, 4) is 33.6 Å². The van der Waals surface area contributed by atoms with Crippen molar-refractivity contribution >= 4 is 54.8 Å². The summed E-state index contributed by atoms with van der Waals surface area (Å²) in [7, 11) is 0. The van der Waals surface area contributed by atoms with Crippen LogP contribution in [0.5, 0.6) is 0 Å². The quantitative estimate of drug-likeness (QED) is 0.197. The number of benzene rings is 7. The second-order valence-electron chi connectivity index (χ2n) is 12.2. The summed E-state index contributed by atoms with van der Waals surface area (Å²) in [4.78, 5) is 0. The smallest absolute Gasteiger partial charge is 0.213 e. The molecule has 0 spiro atoms. The Hall–Kier alpha value is -6.32. The van der Waals surface area contributed by atoms with Gasteiger partial charge in [0.05, 0.1) is 21.9 Å². The maximum atomic E-state index is 6.53. The van der Waals surface area contributed by atoms with E-state index in [2.05, 4.69) is 173 Å². The highest BCUT2D eigenvalue weighted by Gasteiger charge is 2.20. The topological polar surface area (TPSA) is 23.0 Å². The summed E-state index contributed by atoms with van der Waals surface area (Å²) < 4.78 is 11.2. The van der Waals surface area contributed by atoms with Crippen LogP contribution < -0.4 is 0 Å². The molecule has 3 nitrogen and oxygen atoms in total. The second kappa shape index (κ2) is 10.1. The molecule has 0 unspecified atom stereocenters. The number of rotatable bonds is 4. The lowest BCUT2D eigenvalue weighted by atomic mass is 9.99. The molecule has 0 N–H and O–H groups in total. The lowest BCUT2D eigenvalue weighted by Gasteiger charge is -2.09. The van der Waals surface area contributed by atoms with E-state index in [-0.39, 0.29) is 0 Å². The third-order valence-electron chi connectivity index (χ3n) is 9.52. The van der Waals surface area contributed by atoms with Crippen LogP contribution in [-0.2, 0) is 0 Å². The molecule has 0 radical (unpaired) electrons. The van der Waals surface area contributed by atoms with Gasteiger partial charge in [0.1, 0.15) is 5.58 Å². The molecule has 0 atom stereocenters. The van der Waals surface area contributed by atoms with Gasteiger partial charge in [0.15, 0.2) is 0 Å². The second-order valence-corrected chi connectivity index (χ2v) is 12.2. The molecule has 3 heteroatoms. The summed E-state index contributed by atoms with van der Waals surface area (Å²) in [5.74, 6) is 0. The number of aromatic nitrogens is 2. The van der Waals surface area contributed by atoms with E-state index < -0.39 is 0 Å². The molecule has 3 aromatic heterocycles. The van der Waals surface area contributed by atoms with Gasteiger partial charge in [-0.2, -0.15) is 0 Å². The number of furan rings is 1. The molecule has 10 rings (SSSR count). The molecule has 47 heavy (non-hydrogen) atoms. The molecule has 0 fully saturated rings. The van der Waals surface area contributed by atoms with Gasteiger partial charge in [-0.15, -0.1) is 0 Å². The molecule has 3 heterocycles. The molecular weight excluding hydrogens is 572 g/mol. The van der Waals surface area contributed by atoms with Crippen molar-refractivity contribution in [3.63, 3.8) is 0 Å². The van der Waals surface area contributed by atoms with E-state index in [9.17, 15) is 0 Å². The summed E-state index contributed by atoms with van der Waals surface area (Å²) >= 11 is 0. The van der Waals surface area contributed by atoms with Gasteiger partial charge in [-0.1, -0.05) is 103 Å². The van der Waals surface area contributed by atoms with Crippen LogP contribution in [0.2, 0.25) is 0 Å². The highest BCUT2D eigenvalue weighted by molar-refractivity contribution is 6.20. The average molecular weight is 601 g/mol. The summed E-state index contributed by atoms with van der Waals surface area (Å²) in [5.41, 5.74) is 12.3. The van der Waals surface area contributed by atoms with Crippen molar-refractivity contribution in [2.75, 3.05) is 0 Å². The summed E-state index contributed by atoms with van der Waals surface area (Å²) in [6, 6.07) is 60.7. The van der Waals surface area contributed by atoms with Gasteiger partial charge in [-0.3, -0.25) is 4.57 Å². The number of fused-ring (bicyclic) bond motifs is 8. The SMILES string of the molecule is c1ccc(-c2ccc3c(c2)c2cc(-c4ccc5c(c4)c4c6ccccc6oc4n5-c4ccccc4)ccc2n3-c2ccccc2)cc1. The first kappa shape index (κ1) is 26.0. The highest BCUT2D eigenvalue weighted by atomic mass is 16.3. The van der Waals surface area contributed by atoms with Crippen molar-refractivity contribution in [2.45, 2.75) is 0 Å². The zero-order valence-electron chi connectivity index (χ0n) is 25.5. The fourth-order valence-electron chi connectivity index (χ4n) is 7.37. The van der Waals surface area contributed by atoms with Crippen LogP contribution in [-0.4, -0.2) is 9.13 Å². The Morgan fingerprint density at radius 3 is 1.43 bits per heavy atom. The predicted molar refractivity (Wildman–Crippen MR) is 196 cm³/mol. The van der Waals surface area contributed by atoms with Crippen LogP contribution in [0.1, 0.15) is 0 Å². The van der Waals surface area contributed by atoms with E-state index in [1.54, 1.807) is 0 Å². The van der Waals surface area contributed by atoms with Crippen molar-refractivity contribution in [1.29, 1.82) is 0 Å². The van der Waals surface area contributed by atoms with Gasteiger partial charge in [-0.25, -0.2) is 0 Å². The van der Waals surface area contributed by atoms with Crippen LogP contribution in [0.3, 0.4) is 0 Å². The van der Waals surface area contributed by atoms with Gasteiger partial charge >= 0.3 is 0 Å². The third kappa shape index (κ3) is 3.93. The fourth-order valence-corrected chi connectivity index (χ4v) is 7.37. The molecule has 220 valence electrons. The van der Waals surface area contributed by atoms with Crippen LogP contribution in [0.15, 0.2) is 174 Å². The minimum Gasteiger partial charge on any atom is -0.439 e. The summed E-state index contributed by atoms with van der Waals surface area (Å²) in [5, 5.41) is 5.95. The van der Waals surface area contributed by atoms with Crippen LogP contribution in [0.25, 0.3) is 88.4 Å². The fraction of sp³-hybridized carbons (Fsp3) is 0. The standard InChI is InChI=1S/C44H28N2O/c1-4-12-29(13-5-1)30-20-23-39-36(26-30)37-27-31(21-24-40(37)45(39)33-14-6-2-7-15-33)32-22-25-41-38(28-32)43-35-18-10-11-19-42(35)47-44(43)46(41)34-16-8-3-9-17-34/h1-28H. The van der Waals surface area contributed by atoms with Crippen molar-refractivity contribution < 1.29 is 4.42 Å². The zero-order valence-corrected chi connectivity index (χ0v) is 25.5. The van der Waals surface area contributed by atoms with E-state index >= 15 is 0 Å². The minimum atomic E-state index is 0.874. The van der Waals surface area contributed by atoms with Crippen LogP contribution in [0, 0.1) is 0 Å². The van der Waals surface area contributed by atoms with Crippen LogP contribution in [0.4, 0.5) is 0 Å². The Labute approximate surface area is 271 Å². The van der Waals surface area contributed by atoms with Crippen LogP contribution >= 0.6 is 0 Å². The molecule has 0 aliphatic rings. The Morgan fingerprint density at radius 1 is 0.340 bits per heavy atom. The Balaban J connectivity index is 1.23. The number of hydrogen-bond donors (Lipinski definition) is 0. The first-order chi connectivity index (χ1) is 23.3. The van der Waals surface area contributed by atoms with E-state index in [0.717, 1.165) is 39.0 Å². The molecule has 0 amide bonds. The predicted octanol–water partition coefficient (Wildman–Crippen LogP) is 12.0. The lowest BCUT2D eigenvalue weighted by molar-refractivity contribution is 0.645. The van der Waals surface area contributed by atoms with E-state index in [1.165, 1.54) is 49.4 Å². The van der Waals surface area contributed by atoms with Gasteiger partial charge in [0, 0.05) is 32.9 Å². The molecule has 0 aliphatic heterocycles. The first-order valence-corrected chi connectivity index (χ1v) is 16.0. The van der Waals surface area contributed by atoms with E-state index in [4.69, 9.17) is 4.42 Å².